The first-order valence-electron chi connectivity index (χ1n) is 5.75. The molecule has 1 amide bonds. The Kier molecular flexibility index (Phi) is 3.24. The van der Waals surface area contributed by atoms with Crippen LogP contribution in [0.5, 0.6) is 0 Å². The molecule has 0 aromatic carbocycles. The average molecular weight is 267 g/mol. The van der Waals surface area contributed by atoms with Crippen molar-refractivity contribution in [2.24, 2.45) is 13.0 Å². The van der Waals surface area contributed by atoms with E-state index in [1.54, 1.807) is 0 Å². The Bertz CT molecular complexity index is 547. The van der Waals surface area contributed by atoms with E-state index >= 15 is 0 Å². The van der Waals surface area contributed by atoms with Gasteiger partial charge in [-0.05, 0) is 29.7 Å². The fraction of sp³-hybridized carbons (Fsp3) is 0.455. The van der Waals surface area contributed by atoms with E-state index in [0.29, 0.717) is 0 Å². The molecule has 1 aliphatic rings. The van der Waals surface area contributed by atoms with E-state index in [2.05, 4.69) is 5.32 Å². The number of carboxylic acid groups (broad SMARTS) is 1. The van der Waals surface area contributed by atoms with Gasteiger partial charge in [-0.1, -0.05) is 0 Å². The normalized spacial score (nSPS) is 15.8. The summed E-state index contributed by atoms with van der Waals surface area (Å²) in [5.74, 6) is -1.96. The van der Waals surface area contributed by atoms with Crippen LogP contribution in [0, 0.1) is 16.0 Å². The highest BCUT2D eigenvalue weighted by atomic mass is 16.6. The predicted octanol–water partition coefficient (Wildman–Crippen LogP) is 0.526. The summed E-state index contributed by atoms with van der Waals surface area (Å²) in [4.78, 5) is 33.0. The van der Waals surface area contributed by atoms with Crippen LogP contribution in [0.25, 0.3) is 0 Å². The molecule has 0 radical (unpaired) electrons. The van der Waals surface area contributed by atoms with Crippen molar-refractivity contribution in [2.75, 3.05) is 0 Å². The third-order valence-corrected chi connectivity index (χ3v) is 3.16. The monoisotopic (exact) mass is 267 g/mol. The SMILES string of the molecule is Cn1c(C(=O)NC(C(=O)O)C2CC2)ccc1[N+](=O)[O-]. The lowest BCUT2D eigenvalue weighted by Crippen LogP contribution is -2.42. The Morgan fingerprint density at radius 3 is 2.58 bits per heavy atom. The molecule has 1 unspecified atom stereocenters. The fourth-order valence-electron chi connectivity index (χ4n) is 1.94. The topological polar surface area (TPSA) is 114 Å². The number of carbonyl (C=O) groups excluding carboxylic acids is 1. The Balaban J connectivity index is 2.15. The molecule has 19 heavy (non-hydrogen) atoms. The lowest BCUT2D eigenvalue weighted by molar-refractivity contribution is -0.391. The molecule has 0 bridgehead atoms. The summed E-state index contributed by atoms with van der Waals surface area (Å²) in [6, 6.07) is 1.59. The number of aliphatic carboxylic acids is 1. The van der Waals surface area contributed by atoms with Crippen LogP contribution in [0.4, 0.5) is 5.82 Å². The van der Waals surface area contributed by atoms with Gasteiger partial charge in [-0.2, -0.15) is 0 Å². The number of amides is 1. The fourth-order valence-corrected chi connectivity index (χ4v) is 1.94. The molecular weight excluding hydrogens is 254 g/mol. The van der Waals surface area contributed by atoms with E-state index in [0.717, 1.165) is 17.4 Å². The van der Waals surface area contributed by atoms with E-state index in [1.807, 2.05) is 0 Å². The van der Waals surface area contributed by atoms with Crippen LogP contribution in [0.2, 0.25) is 0 Å². The molecule has 1 atom stereocenters. The molecule has 2 rings (SSSR count). The van der Waals surface area contributed by atoms with Crippen LogP contribution in [-0.4, -0.2) is 32.5 Å². The maximum absolute atomic E-state index is 11.9. The van der Waals surface area contributed by atoms with Gasteiger partial charge in [-0.25, -0.2) is 9.36 Å². The summed E-state index contributed by atoms with van der Waals surface area (Å²) in [5.41, 5.74) is 0.0681. The Morgan fingerprint density at radius 1 is 1.53 bits per heavy atom. The van der Waals surface area contributed by atoms with Crippen molar-refractivity contribution in [3.8, 4) is 0 Å². The minimum absolute atomic E-state index is 0.0447. The Hall–Kier alpha value is -2.38. The summed E-state index contributed by atoms with van der Waals surface area (Å²) in [5, 5.41) is 22.1. The summed E-state index contributed by atoms with van der Waals surface area (Å²) in [7, 11) is 1.39. The van der Waals surface area contributed by atoms with Crippen molar-refractivity contribution < 1.29 is 19.6 Å². The van der Waals surface area contributed by atoms with Gasteiger partial charge in [0.05, 0.1) is 7.05 Å². The van der Waals surface area contributed by atoms with Crippen LogP contribution in [0.1, 0.15) is 23.3 Å². The number of hydrogen-bond donors (Lipinski definition) is 2. The molecule has 0 spiro atoms. The van der Waals surface area contributed by atoms with Gasteiger partial charge in [-0.15, -0.1) is 0 Å². The molecule has 1 saturated carbocycles. The van der Waals surface area contributed by atoms with Crippen LogP contribution in [0.3, 0.4) is 0 Å². The van der Waals surface area contributed by atoms with Crippen LogP contribution >= 0.6 is 0 Å². The van der Waals surface area contributed by atoms with Gasteiger partial charge < -0.3 is 20.5 Å². The van der Waals surface area contributed by atoms with Gasteiger partial charge in [0.1, 0.15) is 6.04 Å². The molecule has 1 aromatic heterocycles. The third-order valence-electron chi connectivity index (χ3n) is 3.16. The van der Waals surface area contributed by atoms with Crippen molar-refractivity contribution in [1.29, 1.82) is 0 Å². The quantitative estimate of drug-likeness (QED) is 0.596. The first-order valence-corrected chi connectivity index (χ1v) is 5.75. The number of carboxylic acids is 1. The van der Waals surface area contributed by atoms with Crippen molar-refractivity contribution in [3.63, 3.8) is 0 Å². The highest BCUT2D eigenvalue weighted by Crippen LogP contribution is 2.33. The molecule has 1 aliphatic carbocycles. The maximum Gasteiger partial charge on any atom is 0.326 e. The molecule has 102 valence electrons. The average Bonchev–Trinajstić information content (AvgIpc) is 3.07. The Labute approximate surface area is 108 Å². The summed E-state index contributed by atoms with van der Waals surface area (Å²) in [6.45, 7) is 0. The van der Waals surface area contributed by atoms with Gasteiger partial charge >= 0.3 is 11.8 Å². The van der Waals surface area contributed by atoms with E-state index in [9.17, 15) is 19.7 Å². The molecular formula is C11H13N3O5. The number of hydrogen-bond acceptors (Lipinski definition) is 4. The highest BCUT2D eigenvalue weighted by Gasteiger charge is 2.38. The van der Waals surface area contributed by atoms with Crippen LogP contribution in [0.15, 0.2) is 12.1 Å². The van der Waals surface area contributed by atoms with E-state index in [-0.39, 0.29) is 17.4 Å². The maximum atomic E-state index is 11.9. The molecule has 2 N–H and O–H groups in total. The molecule has 1 aromatic rings. The zero-order chi connectivity index (χ0) is 14.2. The Morgan fingerprint density at radius 2 is 2.16 bits per heavy atom. The second-order valence-corrected chi connectivity index (χ2v) is 4.52. The second-order valence-electron chi connectivity index (χ2n) is 4.52. The zero-order valence-corrected chi connectivity index (χ0v) is 10.2. The van der Waals surface area contributed by atoms with Crippen molar-refractivity contribution >= 4 is 17.7 Å². The van der Waals surface area contributed by atoms with Gasteiger partial charge in [0.2, 0.25) is 0 Å². The number of nitrogens with zero attached hydrogens (tertiary/aromatic N) is 2. The highest BCUT2D eigenvalue weighted by molar-refractivity contribution is 5.96. The predicted molar refractivity (Wildman–Crippen MR) is 63.7 cm³/mol. The summed E-state index contributed by atoms with van der Waals surface area (Å²) < 4.78 is 1.13. The first-order chi connectivity index (χ1) is 8.91. The third kappa shape index (κ3) is 2.56. The number of nitro groups is 1. The smallest absolute Gasteiger partial charge is 0.326 e. The lowest BCUT2D eigenvalue weighted by atomic mass is 10.2. The van der Waals surface area contributed by atoms with E-state index in [1.165, 1.54) is 19.2 Å². The molecule has 1 fully saturated rings. The van der Waals surface area contributed by atoms with Gasteiger partial charge in [-0.3, -0.25) is 4.79 Å². The van der Waals surface area contributed by atoms with Crippen LogP contribution < -0.4 is 5.32 Å². The van der Waals surface area contributed by atoms with Crippen molar-refractivity contribution in [1.82, 2.24) is 9.88 Å². The number of carbonyl (C=O) groups is 2. The van der Waals surface area contributed by atoms with E-state index in [4.69, 9.17) is 5.11 Å². The summed E-state index contributed by atoms with van der Waals surface area (Å²) in [6.07, 6.45) is 1.54. The van der Waals surface area contributed by atoms with Gasteiger partial charge in [0.15, 0.2) is 5.69 Å². The van der Waals surface area contributed by atoms with Crippen molar-refractivity contribution in [2.45, 2.75) is 18.9 Å². The minimum atomic E-state index is -1.08. The molecule has 1 heterocycles. The molecule has 8 nitrogen and oxygen atoms in total. The molecule has 8 heteroatoms. The summed E-state index contributed by atoms with van der Waals surface area (Å²) >= 11 is 0. The van der Waals surface area contributed by atoms with Gasteiger partial charge in [0.25, 0.3) is 5.91 Å². The molecule has 0 aliphatic heterocycles. The largest absolute Gasteiger partial charge is 0.480 e. The second kappa shape index (κ2) is 4.71. The molecule has 0 saturated heterocycles. The van der Waals surface area contributed by atoms with E-state index < -0.39 is 22.8 Å². The number of nitrogens with one attached hydrogen (secondary N) is 1. The number of rotatable bonds is 5. The van der Waals surface area contributed by atoms with Gasteiger partial charge in [0, 0.05) is 6.07 Å². The minimum Gasteiger partial charge on any atom is -0.480 e. The standard InChI is InChI=1S/C11H13N3O5/c1-13-7(4-5-8(13)14(18)19)10(15)12-9(11(16)17)6-2-3-6/h4-6,9H,2-3H2,1H3,(H,12,15)(H,16,17). The van der Waals surface area contributed by atoms with Crippen molar-refractivity contribution in [3.05, 3.63) is 27.9 Å². The zero-order valence-electron chi connectivity index (χ0n) is 10.2. The first kappa shape index (κ1) is 13.1. The van der Waals surface area contributed by atoms with Crippen LogP contribution in [-0.2, 0) is 11.8 Å². The number of aromatic nitrogens is 1. The lowest BCUT2D eigenvalue weighted by Gasteiger charge is -2.12.